The first kappa shape index (κ1) is 16.7. The van der Waals surface area contributed by atoms with Crippen LogP contribution in [0.4, 0.5) is 5.95 Å². The molecule has 3 rings (SSSR count). The zero-order chi connectivity index (χ0) is 16.9. The SMILES string of the molecule is CC1CCN(C(=O)c2cnc(NCc3ccccc3Cl)nc2)CC1. The molecule has 6 heteroatoms. The maximum atomic E-state index is 12.4. The molecule has 1 aromatic carbocycles. The third-order valence-electron chi connectivity index (χ3n) is 4.36. The van der Waals surface area contributed by atoms with Crippen molar-refractivity contribution < 1.29 is 4.79 Å². The average molecular weight is 345 g/mol. The van der Waals surface area contributed by atoms with Crippen molar-refractivity contribution in [3.63, 3.8) is 0 Å². The fourth-order valence-electron chi connectivity index (χ4n) is 2.74. The van der Waals surface area contributed by atoms with E-state index in [2.05, 4.69) is 22.2 Å². The van der Waals surface area contributed by atoms with Gasteiger partial charge in [-0.1, -0.05) is 36.7 Å². The molecule has 1 N–H and O–H groups in total. The first-order chi connectivity index (χ1) is 11.6. The van der Waals surface area contributed by atoms with Crippen molar-refractivity contribution in [3.8, 4) is 0 Å². The maximum Gasteiger partial charge on any atom is 0.256 e. The van der Waals surface area contributed by atoms with Crippen molar-refractivity contribution in [1.82, 2.24) is 14.9 Å². The molecule has 0 bridgehead atoms. The molecule has 1 aliphatic rings. The second-order valence-corrected chi connectivity index (χ2v) is 6.62. The summed E-state index contributed by atoms with van der Waals surface area (Å²) in [4.78, 5) is 22.8. The molecular formula is C18H21ClN4O. The van der Waals surface area contributed by atoms with Gasteiger partial charge >= 0.3 is 0 Å². The number of amides is 1. The third-order valence-corrected chi connectivity index (χ3v) is 4.73. The van der Waals surface area contributed by atoms with Gasteiger partial charge in [-0.05, 0) is 30.4 Å². The van der Waals surface area contributed by atoms with Crippen LogP contribution in [-0.2, 0) is 6.54 Å². The van der Waals surface area contributed by atoms with Crippen LogP contribution in [0.15, 0.2) is 36.7 Å². The number of piperidine rings is 1. The highest BCUT2D eigenvalue weighted by Crippen LogP contribution is 2.18. The average Bonchev–Trinajstić information content (AvgIpc) is 2.62. The Morgan fingerprint density at radius 1 is 1.25 bits per heavy atom. The van der Waals surface area contributed by atoms with Crippen LogP contribution in [0.1, 0.15) is 35.7 Å². The van der Waals surface area contributed by atoms with Crippen molar-refractivity contribution in [2.24, 2.45) is 5.92 Å². The van der Waals surface area contributed by atoms with Gasteiger partial charge in [-0.3, -0.25) is 4.79 Å². The molecule has 1 saturated heterocycles. The molecule has 1 amide bonds. The Hall–Kier alpha value is -2.14. The van der Waals surface area contributed by atoms with Gasteiger partial charge in [0.2, 0.25) is 5.95 Å². The van der Waals surface area contributed by atoms with Crippen molar-refractivity contribution >= 4 is 23.5 Å². The molecule has 0 unspecified atom stereocenters. The summed E-state index contributed by atoms with van der Waals surface area (Å²) in [5, 5.41) is 3.83. The molecule has 0 radical (unpaired) electrons. The Kier molecular flexibility index (Phi) is 5.30. The van der Waals surface area contributed by atoms with Gasteiger partial charge in [0.15, 0.2) is 0 Å². The highest BCUT2D eigenvalue weighted by atomic mass is 35.5. The lowest BCUT2D eigenvalue weighted by Crippen LogP contribution is -2.38. The van der Waals surface area contributed by atoms with Crippen LogP contribution in [0.2, 0.25) is 5.02 Å². The highest BCUT2D eigenvalue weighted by molar-refractivity contribution is 6.31. The van der Waals surface area contributed by atoms with Crippen LogP contribution < -0.4 is 5.32 Å². The minimum absolute atomic E-state index is 0.0135. The van der Waals surface area contributed by atoms with E-state index in [1.165, 1.54) is 0 Å². The van der Waals surface area contributed by atoms with Crippen molar-refractivity contribution in [3.05, 3.63) is 52.8 Å². The molecule has 0 atom stereocenters. The van der Waals surface area contributed by atoms with Gasteiger partial charge in [-0.15, -0.1) is 0 Å². The van der Waals surface area contributed by atoms with Gasteiger partial charge in [0.25, 0.3) is 5.91 Å². The smallest absolute Gasteiger partial charge is 0.256 e. The zero-order valence-electron chi connectivity index (χ0n) is 13.7. The number of likely N-dealkylation sites (tertiary alicyclic amines) is 1. The van der Waals surface area contributed by atoms with Crippen LogP contribution in [0.3, 0.4) is 0 Å². The summed E-state index contributed by atoms with van der Waals surface area (Å²) < 4.78 is 0. The Balaban J connectivity index is 1.59. The number of halogens is 1. The number of benzene rings is 1. The molecule has 2 heterocycles. The van der Waals surface area contributed by atoms with Crippen LogP contribution >= 0.6 is 11.6 Å². The van der Waals surface area contributed by atoms with E-state index in [9.17, 15) is 4.79 Å². The highest BCUT2D eigenvalue weighted by Gasteiger charge is 2.21. The lowest BCUT2D eigenvalue weighted by molar-refractivity contribution is 0.0696. The second kappa shape index (κ2) is 7.62. The molecule has 0 spiro atoms. The Morgan fingerprint density at radius 3 is 2.58 bits per heavy atom. The summed E-state index contributed by atoms with van der Waals surface area (Å²) >= 11 is 6.12. The Labute approximate surface area is 147 Å². The molecule has 1 aromatic heterocycles. The van der Waals surface area contributed by atoms with E-state index >= 15 is 0 Å². The monoisotopic (exact) mass is 344 g/mol. The van der Waals surface area contributed by atoms with Crippen LogP contribution in [0.5, 0.6) is 0 Å². The van der Waals surface area contributed by atoms with Crippen molar-refractivity contribution in [1.29, 1.82) is 0 Å². The second-order valence-electron chi connectivity index (χ2n) is 6.22. The van der Waals surface area contributed by atoms with Gasteiger partial charge in [0.05, 0.1) is 5.56 Å². The van der Waals surface area contributed by atoms with Gasteiger partial charge in [0.1, 0.15) is 0 Å². The third kappa shape index (κ3) is 4.03. The molecule has 1 fully saturated rings. The number of anilines is 1. The summed E-state index contributed by atoms with van der Waals surface area (Å²) in [5.41, 5.74) is 1.51. The summed E-state index contributed by atoms with van der Waals surface area (Å²) in [5.74, 6) is 1.19. The normalized spacial score (nSPS) is 15.3. The van der Waals surface area contributed by atoms with Crippen molar-refractivity contribution in [2.45, 2.75) is 26.3 Å². The molecule has 5 nitrogen and oxygen atoms in total. The zero-order valence-corrected chi connectivity index (χ0v) is 14.5. The first-order valence-corrected chi connectivity index (χ1v) is 8.60. The molecule has 2 aromatic rings. The van der Waals surface area contributed by atoms with Crippen LogP contribution in [0, 0.1) is 5.92 Å². The molecule has 0 saturated carbocycles. The topological polar surface area (TPSA) is 58.1 Å². The summed E-state index contributed by atoms with van der Waals surface area (Å²) in [7, 11) is 0. The summed E-state index contributed by atoms with van der Waals surface area (Å²) in [6.07, 6.45) is 5.29. The quantitative estimate of drug-likeness (QED) is 0.920. The number of aromatic nitrogens is 2. The molecular weight excluding hydrogens is 324 g/mol. The van der Waals surface area contributed by atoms with Gasteiger partial charge in [0, 0.05) is 37.1 Å². The molecule has 24 heavy (non-hydrogen) atoms. The van der Waals surface area contributed by atoms with E-state index in [0.29, 0.717) is 29.0 Å². The predicted molar refractivity (Wildman–Crippen MR) is 95.1 cm³/mol. The van der Waals surface area contributed by atoms with Crippen LogP contribution in [0.25, 0.3) is 0 Å². The maximum absolute atomic E-state index is 12.4. The first-order valence-electron chi connectivity index (χ1n) is 8.22. The van der Waals surface area contributed by atoms with Gasteiger partial charge < -0.3 is 10.2 Å². The Morgan fingerprint density at radius 2 is 1.92 bits per heavy atom. The number of hydrogen-bond acceptors (Lipinski definition) is 4. The summed E-state index contributed by atoms with van der Waals surface area (Å²) in [6, 6.07) is 7.63. The number of nitrogens with one attached hydrogen (secondary N) is 1. The van der Waals surface area contributed by atoms with E-state index < -0.39 is 0 Å². The lowest BCUT2D eigenvalue weighted by Gasteiger charge is -2.30. The fraction of sp³-hybridized carbons (Fsp3) is 0.389. The molecule has 1 aliphatic heterocycles. The number of nitrogens with zero attached hydrogens (tertiary/aromatic N) is 3. The van der Waals surface area contributed by atoms with E-state index in [0.717, 1.165) is 31.5 Å². The lowest BCUT2D eigenvalue weighted by atomic mass is 9.99. The van der Waals surface area contributed by atoms with E-state index in [1.807, 2.05) is 29.2 Å². The predicted octanol–water partition coefficient (Wildman–Crippen LogP) is 3.61. The fourth-order valence-corrected chi connectivity index (χ4v) is 2.94. The van der Waals surface area contributed by atoms with E-state index in [1.54, 1.807) is 12.4 Å². The van der Waals surface area contributed by atoms with Gasteiger partial charge in [-0.25, -0.2) is 9.97 Å². The number of hydrogen-bond donors (Lipinski definition) is 1. The Bertz CT molecular complexity index is 696. The van der Waals surface area contributed by atoms with Crippen LogP contribution in [-0.4, -0.2) is 33.9 Å². The number of carbonyl (C=O) groups excluding carboxylic acids is 1. The minimum Gasteiger partial charge on any atom is -0.350 e. The number of rotatable bonds is 4. The van der Waals surface area contributed by atoms with Gasteiger partial charge in [-0.2, -0.15) is 0 Å². The number of carbonyl (C=O) groups is 1. The minimum atomic E-state index is 0.0135. The largest absolute Gasteiger partial charge is 0.350 e. The van der Waals surface area contributed by atoms with Crippen molar-refractivity contribution in [2.75, 3.05) is 18.4 Å². The molecule has 126 valence electrons. The molecule has 0 aliphatic carbocycles. The van der Waals surface area contributed by atoms with E-state index in [4.69, 9.17) is 11.6 Å². The van der Waals surface area contributed by atoms with E-state index in [-0.39, 0.29) is 5.91 Å². The summed E-state index contributed by atoms with van der Waals surface area (Å²) in [6.45, 7) is 4.39. The standard InChI is InChI=1S/C18H21ClN4O/c1-13-6-8-23(9-7-13)17(24)15-11-21-18(22-12-15)20-10-14-4-2-3-5-16(14)19/h2-5,11-13H,6-10H2,1H3,(H,20,21,22).